The van der Waals surface area contributed by atoms with Crippen LogP contribution in [0.2, 0.25) is 0 Å². The second-order valence-electron chi connectivity index (χ2n) is 4.78. The second kappa shape index (κ2) is 7.18. The molecule has 1 atom stereocenters. The molecule has 106 valence electrons. The number of hydrogen-bond acceptors (Lipinski definition) is 5. The van der Waals surface area contributed by atoms with E-state index in [1.54, 1.807) is 6.92 Å². The van der Waals surface area contributed by atoms with Gasteiger partial charge in [-0.2, -0.15) is 0 Å². The van der Waals surface area contributed by atoms with Gasteiger partial charge in [0.2, 0.25) is 0 Å². The van der Waals surface area contributed by atoms with Crippen molar-refractivity contribution < 1.29 is 14.7 Å². The van der Waals surface area contributed by atoms with Crippen LogP contribution in [0.4, 0.5) is 0 Å². The maximum Gasteiger partial charge on any atom is 0.306 e. The van der Waals surface area contributed by atoms with Crippen molar-refractivity contribution in [1.29, 1.82) is 0 Å². The molecule has 0 spiro atoms. The van der Waals surface area contributed by atoms with Crippen LogP contribution in [0, 0.1) is 5.92 Å². The summed E-state index contributed by atoms with van der Waals surface area (Å²) in [5, 5.41) is 15.5. The third-order valence-corrected chi connectivity index (χ3v) is 3.53. The molecule has 1 rings (SSSR count). The van der Waals surface area contributed by atoms with Crippen molar-refractivity contribution in [2.24, 2.45) is 5.92 Å². The van der Waals surface area contributed by atoms with Crippen molar-refractivity contribution in [2.75, 3.05) is 6.54 Å². The lowest BCUT2D eigenvalue weighted by atomic mass is 10.1. The van der Waals surface area contributed by atoms with Crippen LogP contribution in [0.3, 0.4) is 0 Å². The molecule has 0 bridgehead atoms. The summed E-state index contributed by atoms with van der Waals surface area (Å²) in [6, 6.07) is 0. The van der Waals surface area contributed by atoms with Crippen molar-refractivity contribution in [1.82, 2.24) is 14.9 Å². The molecular formula is C12H19N3O3S. The van der Waals surface area contributed by atoms with Gasteiger partial charge in [0, 0.05) is 6.54 Å². The number of carboxylic acid groups (broad SMARTS) is 1. The Morgan fingerprint density at radius 1 is 1.37 bits per heavy atom. The van der Waals surface area contributed by atoms with Crippen molar-refractivity contribution in [3.05, 3.63) is 10.6 Å². The van der Waals surface area contributed by atoms with E-state index in [2.05, 4.69) is 14.9 Å². The number of nitrogens with zero attached hydrogens (tertiary/aromatic N) is 2. The topological polar surface area (TPSA) is 92.2 Å². The van der Waals surface area contributed by atoms with Gasteiger partial charge < -0.3 is 10.4 Å². The molecule has 0 fully saturated rings. The molecule has 0 aliphatic rings. The van der Waals surface area contributed by atoms with Crippen molar-refractivity contribution in [2.45, 2.75) is 39.5 Å². The molecule has 1 unspecified atom stereocenters. The molecule has 0 radical (unpaired) electrons. The largest absolute Gasteiger partial charge is 0.481 e. The quantitative estimate of drug-likeness (QED) is 0.746. The lowest BCUT2D eigenvalue weighted by Gasteiger charge is -2.07. The number of amides is 1. The summed E-state index contributed by atoms with van der Waals surface area (Å²) < 4.78 is 3.80. The molecule has 0 saturated carbocycles. The zero-order chi connectivity index (χ0) is 14.4. The number of aromatic nitrogens is 2. The van der Waals surface area contributed by atoms with Gasteiger partial charge in [-0.05, 0) is 30.3 Å². The number of nitrogens with one attached hydrogen (secondary N) is 1. The summed E-state index contributed by atoms with van der Waals surface area (Å²) in [6.07, 6.45) is 1.19. The molecule has 1 amide bonds. The lowest BCUT2D eigenvalue weighted by molar-refractivity contribution is -0.141. The fraction of sp³-hybridized carbons (Fsp3) is 0.667. The third-order valence-electron chi connectivity index (χ3n) is 2.79. The molecule has 0 aliphatic heterocycles. The highest BCUT2D eigenvalue weighted by Crippen LogP contribution is 2.19. The summed E-state index contributed by atoms with van der Waals surface area (Å²) in [4.78, 5) is 23.1. The lowest BCUT2D eigenvalue weighted by Crippen LogP contribution is -2.25. The number of carbonyl (C=O) groups is 2. The van der Waals surface area contributed by atoms with E-state index < -0.39 is 5.97 Å². The minimum atomic E-state index is -0.805. The van der Waals surface area contributed by atoms with Gasteiger partial charge >= 0.3 is 5.97 Å². The van der Waals surface area contributed by atoms with Gasteiger partial charge in [-0.1, -0.05) is 25.3 Å². The van der Waals surface area contributed by atoms with E-state index in [1.165, 1.54) is 0 Å². The molecular weight excluding hydrogens is 266 g/mol. The van der Waals surface area contributed by atoms with Crippen LogP contribution in [0.15, 0.2) is 0 Å². The molecule has 7 heteroatoms. The Morgan fingerprint density at radius 2 is 2.05 bits per heavy atom. The fourth-order valence-corrected chi connectivity index (χ4v) is 2.28. The van der Waals surface area contributed by atoms with E-state index in [0.29, 0.717) is 30.0 Å². The predicted octanol–water partition coefficient (Wildman–Crippen LogP) is 1.89. The average Bonchev–Trinajstić information content (AvgIpc) is 2.83. The maximum atomic E-state index is 11.9. The minimum Gasteiger partial charge on any atom is -0.481 e. The molecule has 1 aromatic rings. The molecule has 6 nitrogen and oxygen atoms in total. The first-order valence-electron chi connectivity index (χ1n) is 6.26. The predicted molar refractivity (Wildman–Crippen MR) is 72.4 cm³/mol. The zero-order valence-electron chi connectivity index (χ0n) is 11.3. The highest BCUT2D eigenvalue weighted by Gasteiger charge is 2.18. The van der Waals surface area contributed by atoms with Crippen molar-refractivity contribution >= 4 is 23.4 Å². The van der Waals surface area contributed by atoms with E-state index in [-0.39, 0.29) is 17.7 Å². The molecule has 0 aromatic carbocycles. The monoisotopic (exact) mass is 285 g/mol. The molecule has 1 aromatic heterocycles. The summed E-state index contributed by atoms with van der Waals surface area (Å²) in [6.45, 7) is 6.05. The first kappa shape index (κ1) is 15.6. The Hall–Kier alpha value is -1.50. The number of hydrogen-bond donors (Lipinski definition) is 2. The Bertz CT molecular complexity index is 445. The maximum absolute atomic E-state index is 11.9. The molecule has 2 N–H and O–H groups in total. The van der Waals surface area contributed by atoms with E-state index in [9.17, 15) is 9.59 Å². The van der Waals surface area contributed by atoms with Crippen LogP contribution < -0.4 is 5.32 Å². The van der Waals surface area contributed by atoms with Gasteiger partial charge in [0.1, 0.15) is 4.88 Å². The Labute approximate surface area is 116 Å². The number of carboxylic acids is 1. The van der Waals surface area contributed by atoms with Gasteiger partial charge in [-0.15, -0.1) is 5.10 Å². The summed E-state index contributed by atoms with van der Waals surface area (Å²) in [5.41, 5.74) is 0.710. The molecule has 1 heterocycles. The minimum absolute atomic E-state index is 0.159. The normalized spacial score (nSPS) is 12.4. The summed E-state index contributed by atoms with van der Waals surface area (Å²) in [5.74, 6) is -1.21. The molecule has 0 saturated heterocycles. The molecule has 0 aliphatic carbocycles. The van der Waals surface area contributed by atoms with Crippen LogP contribution in [0.25, 0.3) is 0 Å². The van der Waals surface area contributed by atoms with E-state index in [1.807, 2.05) is 13.8 Å². The van der Waals surface area contributed by atoms with Gasteiger partial charge in [0.05, 0.1) is 11.6 Å². The first-order valence-corrected chi connectivity index (χ1v) is 7.04. The Balaban J connectivity index is 2.39. The van der Waals surface area contributed by atoms with E-state index in [4.69, 9.17) is 5.11 Å². The van der Waals surface area contributed by atoms with Crippen molar-refractivity contribution in [3.63, 3.8) is 0 Å². The van der Waals surface area contributed by atoms with Gasteiger partial charge in [-0.25, -0.2) is 0 Å². The van der Waals surface area contributed by atoms with Crippen LogP contribution in [0.1, 0.15) is 54.9 Å². The van der Waals surface area contributed by atoms with E-state index in [0.717, 1.165) is 11.5 Å². The number of aliphatic carboxylic acids is 1. The smallest absolute Gasteiger partial charge is 0.306 e. The fourth-order valence-electron chi connectivity index (χ4n) is 1.55. The van der Waals surface area contributed by atoms with Crippen LogP contribution in [-0.4, -0.2) is 33.1 Å². The SMILES string of the molecule is CC(CCCNC(=O)c1snnc1C(C)C)C(=O)O. The summed E-state index contributed by atoms with van der Waals surface area (Å²) in [7, 11) is 0. The number of rotatable bonds is 7. The van der Waals surface area contributed by atoms with Gasteiger partial charge in [-0.3, -0.25) is 9.59 Å². The van der Waals surface area contributed by atoms with E-state index >= 15 is 0 Å². The highest BCUT2D eigenvalue weighted by molar-refractivity contribution is 7.08. The van der Waals surface area contributed by atoms with Crippen LogP contribution >= 0.6 is 11.5 Å². The summed E-state index contributed by atoms with van der Waals surface area (Å²) >= 11 is 1.09. The molecule has 19 heavy (non-hydrogen) atoms. The second-order valence-corrected chi connectivity index (χ2v) is 5.53. The van der Waals surface area contributed by atoms with Crippen molar-refractivity contribution in [3.8, 4) is 0 Å². The van der Waals surface area contributed by atoms with Gasteiger partial charge in [0.25, 0.3) is 5.91 Å². The average molecular weight is 285 g/mol. The van der Waals surface area contributed by atoms with Crippen LogP contribution in [-0.2, 0) is 4.79 Å². The zero-order valence-corrected chi connectivity index (χ0v) is 12.2. The highest BCUT2D eigenvalue weighted by atomic mass is 32.1. The standard InChI is InChI=1S/C12H19N3O3S/c1-7(2)9-10(19-15-14-9)11(16)13-6-4-5-8(3)12(17)18/h7-8H,4-6H2,1-3H3,(H,13,16)(H,17,18). The Kier molecular flexibility index (Phi) is 5.88. The van der Waals surface area contributed by atoms with Gasteiger partial charge in [0.15, 0.2) is 0 Å². The third kappa shape index (κ3) is 4.59. The van der Waals surface area contributed by atoms with Crippen LogP contribution in [0.5, 0.6) is 0 Å². The Morgan fingerprint density at radius 3 is 2.63 bits per heavy atom. The first-order chi connectivity index (χ1) is 8.93. The number of carbonyl (C=O) groups excluding carboxylic acids is 1.